The van der Waals surface area contributed by atoms with E-state index in [1.807, 2.05) is 0 Å². The monoisotopic (exact) mass is 412 g/mol. The first kappa shape index (κ1) is 20.4. The van der Waals surface area contributed by atoms with E-state index in [2.05, 4.69) is 0 Å². The molecule has 7 heteroatoms. The number of hydrogen-bond acceptors (Lipinski definition) is 5. The molecule has 0 aliphatic heterocycles. The van der Waals surface area contributed by atoms with E-state index in [0.29, 0.717) is 11.1 Å². The molecule has 0 saturated carbocycles. The van der Waals surface area contributed by atoms with Crippen LogP contribution in [0.5, 0.6) is 5.75 Å². The van der Waals surface area contributed by atoms with Gasteiger partial charge in [-0.25, -0.2) is 17.6 Å². The highest BCUT2D eigenvalue weighted by Crippen LogP contribution is 2.21. The van der Waals surface area contributed by atoms with Gasteiger partial charge < -0.3 is 4.74 Å². The molecule has 0 bridgehead atoms. The molecule has 0 saturated heterocycles. The highest BCUT2D eigenvalue weighted by Gasteiger charge is 2.22. The van der Waals surface area contributed by atoms with E-state index in [9.17, 15) is 22.4 Å². The normalized spacial score (nSPS) is 11.1. The van der Waals surface area contributed by atoms with Crippen molar-refractivity contribution in [1.82, 2.24) is 0 Å². The Morgan fingerprint density at radius 1 is 0.862 bits per heavy atom. The van der Waals surface area contributed by atoms with E-state index in [1.165, 1.54) is 73.7 Å². The van der Waals surface area contributed by atoms with E-state index < -0.39 is 21.6 Å². The number of halogens is 1. The van der Waals surface area contributed by atoms with E-state index in [4.69, 9.17) is 4.74 Å². The molecule has 3 rings (SSSR count). The topological polar surface area (TPSA) is 77.5 Å². The number of carbonyl (C=O) groups is 2. The van der Waals surface area contributed by atoms with Crippen LogP contribution in [0.25, 0.3) is 0 Å². The lowest BCUT2D eigenvalue weighted by molar-refractivity contribution is 0.0730. The standard InChI is InChI=1S/C22H17FO5S/c1-2-29(26,27)20-6-4-3-5-19(20)22(25)28-18-13-9-16(10-14-18)21(24)15-7-11-17(23)12-8-15/h3-14H,2H2,1H3. The zero-order valence-electron chi connectivity index (χ0n) is 15.5. The molecule has 3 aromatic rings. The van der Waals surface area contributed by atoms with Gasteiger partial charge in [-0.2, -0.15) is 0 Å². The molecule has 29 heavy (non-hydrogen) atoms. The first-order valence-corrected chi connectivity index (χ1v) is 10.4. The average molecular weight is 412 g/mol. The minimum absolute atomic E-state index is 0.0548. The number of ketones is 1. The van der Waals surface area contributed by atoms with Crippen LogP contribution >= 0.6 is 0 Å². The number of hydrogen-bond donors (Lipinski definition) is 0. The third kappa shape index (κ3) is 4.57. The molecular weight excluding hydrogens is 395 g/mol. The highest BCUT2D eigenvalue weighted by atomic mass is 32.2. The number of carbonyl (C=O) groups excluding carboxylic acids is 2. The molecule has 5 nitrogen and oxygen atoms in total. The fourth-order valence-electron chi connectivity index (χ4n) is 2.67. The number of sulfone groups is 1. The third-order valence-corrected chi connectivity index (χ3v) is 6.04. The summed E-state index contributed by atoms with van der Waals surface area (Å²) in [4.78, 5) is 24.8. The van der Waals surface area contributed by atoms with Crippen molar-refractivity contribution in [3.63, 3.8) is 0 Å². The number of rotatable bonds is 6. The van der Waals surface area contributed by atoms with Crippen molar-refractivity contribution in [3.05, 3.63) is 95.3 Å². The minimum atomic E-state index is -3.59. The van der Waals surface area contributed by atoms with Gasteiger partial charge in [-0.1, -0.05) is 19.1 Å². The molecule has 3 aromatic carbocycles. The third-order valence-electron chi connectivity index (χ3n) is 4.26. The first-order valence-electron chi connectivity index (χ1n) is 8.76. The number of esters is 1. The predicted octanol–water partition coefficient (Wildman–Crippen LogP) is 4.07. The zero-order valence-corrected chi connectivity index (χ0v) is 16.3. The van der Waals surface area contributed by atoms with Crippen molar-refractivity contribution in [2.45, 2.75) is 11.8 Å². The van der Waals surface area contributed by atoms with E-state index in [0.717, 1.165) is 0 Å². The second-order valence-electron chi connectivity index (χ2n) is 6.15. The molecule has 0 heterocycles. The molecule has 0 aromatic heterocycles. The van der Waals surface area contributed by atoms with Crippen LogP contribution < -0.4 is 4.74 Å². The summed E-state index contributed by atoms with van der Waals surface area (Å²) in [5, 5.41) is 0. The predicted molar refractivity (Wildman–Crippen MR) is 105 cm³/mol. The van der Waals surface area contributed by atoms with Crippen LogP contribution in [0.3, 0.4) is 0 Å². The van der Waals surface area contributed by atoms with Crippen LogP contribution in [-0.4, -0.2) is 25.9 Å². The van der Waals surface area contributed by atoms with Gasteiger partial charge in [0.25, 0.3) is 0 Å². The fraction of sp³-hybridized carbons (Fsp3) is 0.0909. The van der Waals surface area contributed by atoms with Crippen molar-refractivity contribution < 1.29 is 27.1 Å². The lowest BCUT2D eigenvalue weighted by Gasteiger charge is -2.09. The summed E-state index contributed by atoms with van der Waals surface area (Å²) in [6.45, 7) is 1.49. The number of benzene rings is 3. The van der Waals surface area contributed by atoms with Gasteiger partial charge in [0.2, 0.25) is 0 Å². The van der Waals surface area contributed by atoms with Crippen molar-refractivity contribution in [1.29, 1.82) is 0 Å². The van der Waals surface area contributed by atoms with Crippen LogP contribution in [0.2, 0.25) is 0 Å². The molecule has 0 unspecified atom stereocenters. The highest BCUT2D eigenvalue weighted by molar-refractivity contribution is 7.91. The molecule has 0 atom stereocenters. The van der Waals surface area contributed by atoms with Gasteiger partial charge in [-0.05, 0) is 60.7 Å². The van der Waals surface area contributed by atoms with Crippen LogP contribution in [0.1, 0.15) is 33.2 Å². The fourth-order valence-corrected chi connectivity index (χ4v) is 3.75. The molecule has 0 aliphatic carbocycles. The number of ether oxygens (including phenoxy) is 1. The van der Waals surface area contributed by atoms with E-state index in [1.54, 1.807) is 6.07 Å². The van der Waals surface area contributed by atoms with Crippen LogP contribution in [0.4, 0.5) is 4.39 Å². The molecule has 0 spiro atoms. The molecular formula is C22H17FO5S. The van der Waals surface area contributed by atoms with Gasteiger partial charge >= 0.3 is 5.97 Å². The molecule has 148 valence electrons. The summed E-state index contributed by atoms with van der Waals surface area (Å²) < 4.78 is 42.6. The molecule has 0 N–H and O–H groups in total. The van der Waals surface area contributed by atoms with Crippen LogP contribution in [0, 0.1) is 5.82 Å². The van der Waals surface area contributed by atoms with Gasteiger partial charge in [0.05, 0.1) is 16.2 Å². The Balaban J connectivity index is 1.79. The second-order valence-corrected chi connectivity index (χ2v) is 8.40. The molecule has 0 aliphatic rings. The summed E-state index contributed by atoms with van der Waals surface area (Å²) in [5.41, 5.74) is 0.612. The lowest BCUT2D eigenvalue weighted by Crippen LogP contribution is -2.15. The van der Waals surface area contributed by atoms with Crippen molar-refractivity contribution >= 4 is 21.6 Å². The zero-order chi connectivity index (χ0) is 21.0. The summed E-state index contributed by atoms with van der Waals surface area (Å²) in [5.74, 6) is -1.53. The second kappa shape index (κ2) is 8.36. The Bertz CT molecular complexity index is 1150. The quantitative estimate of drug-likeness (QED) is 0.347. The Morgan fingerprint density at radius 2 is 1.41 bits per heavy atom. The average Bonchev–Trinajstić information content (AvgIpc) is 2.74. The molecule has 0 amide bonds. The Hall–Kier alpha value is -3.32. The Morgan fingerprint density at radius 3 is 2.00 bits per heavy atom. The first-order chi connectivity index (χ1) is 13.8. The lowest BCUT2D eigenvalue weighted by atomic mass is 10.0. The van der Waals surface area contributed by atoms with Gasteiger partial charge in [-0.15, -0.1) is 0 Å². The Kier molecular flexibility index (Phi) is 5.89. The maximum atomic E-state index is 13.0. The van der Waals surface area contributed by atoms with Crippen LogP contribution in [-0.2, 0) is 9.84 Å². The maximum Gasteiger partial charge on any atom is 0.344 e. The Labute approximate surface area is 167 Å². The largest absolute Gasteiger partial charge is 0.423 e. The summed E-state index contributed by atoms with van der Waals surface area (Å²) in [6.07, 6.45) is 0. The SMILES string of the molecule is CCS(=O)(=O)c1ccccc1C(=O)Oc1ccc(C(=O)c2ccc(F)cc2)cc1. The van der Waals surface area contributed by atoms with Gasteiger partial charge in [0.1, 0.15) is 11.6 Å². The van der Waals surface area contributed by atoms with Gasteiger partial charge in [0, 0.05) is 11.1 Å². The minimum Gasteiger partial charge on any atom is -0.423 e. The summed E-state index contributed by atoms with van der Waals surface area (Å²) in [6, 6.07) is 16.8. The van der Waals surface area contributed by atoms with Crippen LogP contribution in [0.15, 0.2) is 77.7 Å². The summed E-state index contributed by atoms with van der Waals surface area (Å²) >= 11 is 0. The summed E-state index contributed by atoms with van der Waals surface area (Å²) in [7, 11) is -3.59. The van der Waals surface area contributed by atoms with Crippen molar-refractivity contribution in [2.75, 3.05) is 5.75 Å². The van der Waals surface area contributed by atoms with E-state index in [-0.39, 0.29) is 27.7 Å². The van der Waals surface area contributed by atoms with Crippen molar-refractivity contribution in [2.24, 2.45) is 0 Å². The molecule has 0 fully saturated rings. The smallest absolute Gasteiger partial charge is 0.344 e. The van der Waals surface area contributed by atoms with Crippen molar-refractivity contribution in [3.8, 4) is 5.75 Å². The maximum absolute atomic E-state index is 13.0. The van der Waals surface area contributed by atoms with Gasteiger partial charge in [0.15, 0.2) is 15.6 Å². The molecule has 0 radical (unpaired) electrons. The van der Waals surface area contributed by atoms with E-state index >= 15 is 0 Å². The van der Waals surface area contributed by atoms with Gasteiger partial charge in [-0.3, -0.25) is 4.79 Å².